The van der Waals surface area contributed by atoms with Crippen molar-refractivity contribution >= 4 is 60.5 Å². The lowest BCUT2D eigenvalue weighted by Gasteiger charge is -2.04. The standard InChI is InChI=1S/C13H13Cl2N5O2S2/c1-2-24(21,22)19-11-7-17-13-20(11)18-12(23-13)16-6-8-3-4-9(14)10(15)5-8/h3-5,7,19H,2,6H2,1H3,(H,16,18). The fraction of sp³-hybridized carbons (Fsp3) is 0.231. The molecule has 0 amide bonds. The number of halogens is 2. The molecule has 7 nitrogen and oxygen atoms in total. The number of nitrogens with zero attached hydrogens (tertiary/aromatic N) is 3. The van der Waals surface area contributed by atoms with Crippen molar-refractivity contribution in [2.75, 3.05) is 15.8 Å². The van der Waals surface area contributed by atoms with Crippen LogP contribution in [0, 0.1) is 0 Å². The van der Waals surface area contributed by atoms with Crippen molar-refractivity contribution < 1.29 is 8.42 Å². The van der Waals surface area contributed by atoms with Gasteiger partial charge < -0.3 is 5.32 Å². The molecule has 3 aromatic rings. The number of anilines is 2. The van der Waals surface area contributed by atoms with Gasteiger partial charge in [0.05, 0.1) is 22.0 Å². The number of imidazole rings is 1. The Morgan fingerprint density at radius 1 is 1.29 bits per heavy atom. The zero-order chi connectivity index (χ0) is 17.3. The van der Waals surface area contributed by atoms with Crippen LogP contribution in [0.2, 0.25) is 10.0 Å². The van der Waals surface area contributed by atoms with Crippen LogP contribution in [0.3, 0.4) is 0 Å². The van der Waals surface area contributed by atoms with E-state index >= 15 is 0 Å². The summed E-state index contributed by atoms with van der Waals surface area (Å²) in [6, 6.07) is 5.37. The van der Waals surface area contributed by atoms with Crippen LogP contribution in [0.1, 0.15) is 12.5 Å². The molecule has 0 spiro atoms. The second-order valence-corrected chi connectivity index (χ2v) is 8.63. The van der Waals surface area contributed by atoms with E-state index in [1.54, 1.807) is 19.1 Å². The fourth-order valence-corrected chi connectivity index (χ4v) is 3.59. The van der Waals surface area contributed by atoms with Crippen molar-refractivity contribution in [2.45, 2.75) is 13.5 Å². The van der Waals surface area contributed by atoms with Gasteiger partial charge in [-0.1, -0.05) is 40.6 Å². The van der Waals surface area contributed by atoms with Crippen LogP contribution in [0.5, 0.6) is 0 Å². The van der Waals surface area contributed by atoms with Crippen LogP contribution >= 0.6 is 34.5 Å². The van der Waals surface area contributed by atoms with Crippen LogP contribution in [0.15, 0.2) is 24.4 Å². The summed E-state index contributed by atoms with van der Waals surface area (Å²) in [5.74, 6) is 0.290. The third-order valence-corrected chi connectivity index (χ3v) is 6.05. The first-order valence-electron chi connectivity index (χ1n) is 6.91. The molecule has 0 fully saturated rings. The van der Waals surface area contributed by atoms with Gasteiger partial charge >= 0.3 is 0 Å². The van der Waals surface area contributed by atoms with Gasteiger partial charge in [-0.05, 0) is 24.6 Å². The molecule has 0 radical (unpaired) electrons. The van der Waals surface area contributed by atoms with Crippen molar-refractivity contribution in [3.05, 3.63) is 40.0 Å². The van der Waals surface area contributed by atoms with E-state index in [1.807, 2.05) is 6.07 Å². The Kier molecular flexibility index (Phi) is 4.86. The molecule has 2 heterocycles. The van der Waals surface area contributed by atoms with E-state index < -0.39 is 10.0 Å². The molecular weight excluding hydrogens is 393 g/mol. The molecule has 2 aromatic heterocycles. The first kappa shape index (κ1) is 17.3. The van der Waals surface area contributed by atoms with E-state index in [2.05, 4.69) is 20.1 Å². The van der Waals surface area contributed by atoms with Crippen molar-refractivity contribution in [3.63, 3.8) is 0 Å². The maximum Gasteiger partial charge on any atom is 0.233 e. The monoisotopic (exact) mass is 405 g/mol. The number of fused-ring (bicyclic) bond motifs is 1. The number of nitrogens with one attached hydrogen (secondary N) is 2. The molecule has 0 atom stereocenters. The predicted octanol–water partition coefficient (Wildman–Crippen LogP) is 3.47. The summed E-state index contributed by atoms with van der Waals surface area (Å²) >= 11 is 13.2. The van der Waals surface area contributed by atoms with Crippen molar-refractivity contribution in [2.24, 2.45) is 0 Å². The highest BCUT2D eigenvalue weighted by molar-refractivity contribution is 7.92. The molecule has 0 unspecified atom stereocenters. The molecule has 0 saturated carbocycles. The number of hydrogen-bond donors (Lipinski definition) is 2. The lowest BCUT2D eigenvalue weighted by molar-refractivity contribution is 0.602. The molecule has 128 valence electrons. The van der Waals surface area contributed by atoms with Crippen molar-refractivity contribution in [3.8, 4) is 0 Å². The van der Waals surface area contributed by atoms with Crippen LogP contribution in [0.4, 0.5) is 10.9 Å². The molecule has 0 aliphatic carbocycles. The minimum atomic E-state index is -3.38. The lowest BCUT2D eigenvalue weighted by Crippen LogP contribution is -2.16. The second-order valence-electron chi connectivity index (χ2n) is 4.85. The molecule has 2 N–H and O–H groups in total. The van der Waals surface area contributed by atoms with Gasteiger partial charge in [0.2, 0.25) is 20.1 Å². The average molecular weight is 406 g/mol. The highest BCUT2D eigenvalue weighted by Gasteiger charge is 2.14. The molecule has 0 aliphatic heterocycles. The van der Waals surface area contributed by atoms with Crippen molar-refractivity contribution in [1.29, 1.82) is 0 Å². The quantitative estimate of drug-likeness (QED) is 0.655. The summed E-state index contributed by atoms with van der Waals surface area (Å²) in [6.45, 7) is 2.06. The summed E-state index contributed by atoms with van der Waals surface area (Å²) in [4.78, 5) is 4.74. The summed E-state index contributed by atoms with van der Waals surface area (Å²) in [6.07, 6.45) is 1.44. The Labute approximate surface area is 152 Å². The average Bonchev–Trinajstić information content (AvgIpc) is 3.10. The lowest BCUT2D eigenvalue weighted by atomic mass is 10.2. The van der Waals surface area contributed by atoms with Gasteiger partial charge in [-0.15, -0.1) is 5.10 Å². The van der Waals surface area contributed by atoms with Crippen molar-refractivity contribution in [1.82, 2.24) is 14.6 Å². The number of rotatable bonds is 6. The highest BCUT2D eigenvalue weighted by atomic mass is 35.5. The van der Waals surface area contributed by atoms with Gasteiger partial charge in [-0.2, -0.15) is 4.52 Å². The molecule has 0 bridgehead atoms. The van der Waals surface area contributed by atoms with E-state index in [9.17, 15) is 8.42 Å². The molecule has 0 saturated heterocycles. The van der Waals surface area contributed by atoms with E-state index in [1.165, 1.54) is 22.0 Å². The first-order valence-corrected chi connectivity index (χ1v) is 10.1. The van der Waals surface area contributed by atoms with E-state index in [4.69, 9.17) is 23.2 Å². The maximum absolute atomic E-state index is 11.7. The smallest absolute Gasteiger partial charge is 0.233 e. The number of sulfonamides is 1. The Bertz CT molecular complexity index is 984. The van der Waals surface area contributed by atoms with E-state index in [-0.39, 0.29) is 5.75 Å². The highest BCUT2D eigenvalue weighted by Crippen LogP contribution is 2.25. The van der Waals surface area contributed by atoms with Crippen LogP contribution in [-0.2, 0) is 16.6 Å². The van der Waals surface area contributed by atoms with Gasteiger partial charge in [-0.3, -0.25) is 4.72 Å². The van der Waals surface area contributed by atoms with Gasteiger partial charge in [0.15, 0.2) is 5.82 Å². The SMILES string of the molecule is CCS(=O)(=O)Nc1cnc2sc(NCc3ccc(Cl)c(Cl)c3)nn12. The molecule has 0 aliphatic rings. The molecule has 11 heteroatoms. The third-order valence-electron chi connectivity index (χ3n) is 3.15. The van der Waals surface area contributed by atoms with E-state index in [0.717, 1.165) is 5.56 Å². The second kappa shape index (κ2) is 6.75. The van der Waals surface area contributed by atoms with E-state index in [0.29, 0.717) is 32.5 Å². The summed E-state index contributed by atoms with van der Waals surface area (Å²) < 4.78 is 27.2. The Morgan fingerprint density at radius 3 is 2.79 bits per heavy atom. The normalized spacial score (nSPS) is 11.8. The van der Waals surface area contributed by atoms with Crippen LogP contribution in [0.25, 0.3) is 4.96 Å². The molecule has 24 heavy (non-hydrogen) atoms. The Hall–Kier alpha value is -1.55. The van der Waals surface area contributed by atoms with Gasteiger partial charge in [0, 0.05) is 6.54 Å². The minimum absolute atomic E-state index is 0.0210. The Morgan fingerprint density at radius 2 is 2.08 bits per heavy atom. The largest absolute Gasteiger partial charge is 0.356 e. The summed E-state index contributed by atoms with van der Waals surface area (Å²) in [5, 5.41) is 9.08. The molecule has 3 rings (SSSR count). The fourth-order valence-electron chi connectivity index (χ4n) is 1.89. The number of hydrogen-bond acceptors (Lipinski definition) is 6. The molecular formula is C13H13Cl2N5O2S2. The zero-order valence-corrected chi connectivity index (χ0v) is 15.6. The molecule has 1 aromatic carbocycles. The maximum atomic E-state index is 11.7. The predicted molar refractivity (Wildman–Crippen MR) is 97.7 cm³/mol. The topological polar surface area (TPSA) is 88.4 Å². The Balaban J connectivity index is 1.76. The third kappa shape index (κ3) is 3.75. The number of benzene rings is 1. The van der Waals surface area contributed by atoms with Gasteiger partial charge in [0.1, 0.15) is 0 Å². The van der Waals surface area contributed by atoms with Crippen LogP contribution < -0.4 is 10.0 Å². The zero-order valence-electron chi connectivity index (χ0n) is 12.5. The van der Waals surface area contributed by atoms with Gasteiger partial charge in [-0.25, -0.2) is 13.4 Å². The number of aromatic nitrogens is 3. The summed E-state index contributed by atoms with van der Waals surface area (Å²) in [5.41, 5.74) is 0.948. The van der Waals surface area contributed by atoms with Gasteiger partial charge in [0.25, 0.3) is 0 Å². The first-order chi connectivity index (χ1) is 11.4. The minimum Gasteiger partial charge on any atom is -0.356 e. The van der Waals surface area contributed by atoms with Crippen LogP contribution in [-0.4, -0.2) is 28.8 Å². The summed E-state index contributed by atoms with van der Waals surface area (Å²) in [7, 11) is -3.38.